The standard InChI is InChI=1S/C11H12N2O4/c1-12(2)6-5-8-7-9(13(16)17)3-4-10(8)11(14)15/h3-7H,1-2H3,(H,14,15)/b6-5+. The Morgan fingerprint density at radius 1 is 1.47 bits per heavy atom. The highest BCUT2D eigenvalue weighted by Gasteiger charge is 2.13. The molecule has 0 bridgehead atoms. The van der Waals surface area contributed by atoms with Gasteiger partial charge in [-0.3, -0.25) is 10.1 Å². The van der Waals surface area contributed by atoms with Crippen molar-refractivity contribution in [3.8, 4) is 0 Å². The van der Waals surface area contributed by atoms with Crippen LogP contribution >= 0.6 is 0 Å². The van der Waals surface area contributed by atoms with E-state index >= 15 is 0 Å². The smallest absolute Gasteiger partial charge is 0.336 e. The van der Waals surface area contributed by atoms with Crippen LogP contribution < -0.4 is 0 Å². The number of nitro benzene ring substituents is 1. The zero-order valence-electron chi connectivity index (χ0n) is 9.45. The van der Waals surface area contributed by atoms with Gasteiger partial charge in [0.25, 0.3) is 5.69 Å². The molecule has 0 atom stereocenters. The highest BCUT2D eigenvalue weighted by molar-refractivity contribution is 5.92. The van der Waals surface area contributed by atoms with E-state index in [9.17, 15) is 14.9 Å². The molecule has 1 aromatic carbocycles. The Kier molecular flexibility index (Phi) is 3.82. The molecule has 6 nitrogen and oxygen atoms in total. The zero-order valence-corrected chi connectivity index (χ0v) is 9.45. The van der Waals surface area contributed by atoms with Gasteiger partial charge in [0.15, 0.2) is 0 Å². The number of carboxylic acid groups (broad SMARTS) is 1. The SMILES string of the molecule is CN(C)/C=C/c1cc([N+](=O)[O-])ccc1C(=O)O. The van der Waals surface area contributed by atoms with Gasteiger partial charge >= 0.3 is 5.97 Å². The van der Waals surface area contributed by atoms with E-state index in [-0.39, 0.29) is 11.3 Å². The van der Waals surface area contributed by atoms with Crippen LogP contribution in [-0.2, 0) is 0 Å². The minimum Gasteiger partial charge on any atom is -0.478 e. The van der Waals surface area contributed by atoms with Crippen molar-refractivity contribution in [2.75, 3.05) is 14.1 Å². The molecule has 0 aromatic heterocycles. The summed E-state index contributed by atoms with van der Waals surface area (Å²) in [6.45, 7) is 0. The monoisotopic (exact) mass is 236 g/mol. The molecule has 90 valence electrons. The zero-order chi connectivity index (χ0) is 13.0. The third-order valence-corrected chi connectivity index (χ3v) is 2.03. The van der Waals surface area contributed by atoms with Crippen LogP contribution in [0.15, 0.2) is 24.4 Å². The predicted octanol–water partition coefficient (Wildman–Crippen LogP) is 1.83. The van der Waals surface area contributed by atoms with E-state index in [2.05, 4.69) is 0 Å². The maximum Gasteiger partial charge on any atom is 0.336 e. The fourth-order valence-electron chi connectivity index (χ4n) is 1.23. The summed E-state index contributed by atoms with van der Waals surface area (Å²) in [5.74, 6) is -1.11. The fraction of sp³-hybridized carbons (Fsp3) is 0.182. The summed E-state index contributed by atoms with van der Waals surface area (Å²) in [7, 11) is 3.54. The van der Waals surface area contributed by atoms with E-state index < -0.39 is 10.9 Å². The molecule has 0 spiro atoms. The first-order valence-corrected chi connectivity index (χ1v) is 4.78. The molecule has 1 rings (SSSR count). The van der Waals surface area contributed by atoms with Gasteiger partial charge in [-0.15, -0.1) is 0 Å². The molecule has 0 heterocycles. The number of hydrogen-bond donors (Lipinski definition) is 1. The van der Waals surface area contributed by atoms with Crippen molar-refractivity contribution in [3.05, 3.63) is 45.6 Å². The van der Waals surface area contributed by atoms with Gasteiger partial charge in [-0.25, -0.2) is 4.79 Å². The summed E-state index contributed by atoms with van der Waals surface area (Å²) < 4.78 is 0. The number of rotatable bonds is 4. The average molecular weight is 236 g/mol. The molecule has 0 aliphatic carbocycles. The Bertz CT molecular complexity index is 480. The van der Waals surface area contributed by atoms with Gasteiger partial charge in [-0.1, -0.05) is 0 Å². The van der Waals surface area contributed by atoms with Gasteiger partial charge < -0.3 is 10.0 Å². The van der Waals surface area contributed by atoms with Crippen molar-refractivity contribution >= 4 is 17.7 Å². The Balaban J connectivity index is 3.25. The lowest BCUT2D eigenvalue weighted by molar-refractivity contribution is -0.384. The summed E-state index contributed by atoms with van der Waals surface area (Å²) in [5.41, 5.74) is 0.211. The van der Waals surface area contributed by atoms with E-state index in [1.54, 1.807) is 25.2 Å². The van der Waals surface area contributed by atoms with Crippen molar-refractivity contribution in [3.63, 3.8) is 0 Å². The van der Waals surface area contributed by atoms with Crippen LogP contribution in [0.3, 0.4) is 0 Å². The quantitative estimate of drug-likeness (QED) is 0.636. The normalized spacial score (nSPS) is 10.5. The molecule has 0 saturated heterocycles. The summed E-state index contributed by atoms with van der Waals surface area (Å²) in [6.07, 6.45) is 3.15. The molecule has 0 amide bonds. The van der Waals surface area contributed by atoms with Crippen LogP contribution in [0.5, 0.6) is 0 Å². The molecule has 0 unspecified atom stereocenters. The van der Waals surface area contributed by atoms with Crippen molar-refractivity contribution in [1.82, 2.24) is 4.90 Å². The minimum atomic E-state index is -1.11. The van der Waals surface area contributed by atoms with E-state index in [0.29, 0.717) is 5.56 Å². The van der Waals surface area contributed by atoms with Crippen molar-refractivity contribution in [1.29, 1.82) is 0 Å². The first-order valence-electron chi connectivity index (χ1n) is 4.78. The molecule has 1 aromatic rings. The Labute approximate surface area is 97.9 Å². The van der Waals surface area contributed by atoms with Crippen LogP contribution in [0, 0.1) is 10.1 Å². The first-order chi connectivity index (χ1) is 7.91. The fourth-order valence-corrected chi connectivity index (χ4v) is 1.23. The van der Waals surface area contributed by atoms with Crippen LogP contribution in [0.2, 0.25) is 0 Å². The molecule has 6 heteroatoms. The third-order valence-electron chi connectivity index (χ3n) is 2.03. The lowest BCUT2D eigenvalue weighted by Crippen LogP contribution is -2.03. The summed E-state index contributed by atoms with van der Waals surface area (Å²) in [6, 6.07) is 3.65. The molecular weight excluding hydrogens is 224 g/mol. The highest BCUT2D eigenvalue weighted by atomic mass is 16.6. The second-order valence-electron chi connectivity index (χ2n) is 3.61. The molecule has 0 saturated carbocycles. The summed E-state index contributed by atoms with van der Waals surface area (Å²) >= 11 is 0. The van der Waals surface area contributed by atoms with Crippen LogP contribution in [0.1, 0.15) is 15.9 Å². The molecule has 0 aliphatic heterocycles. The first kappa shape index (κ1) is 12.7. The highest BCUT2D eigenvalue weighted by Crippen LogP contribution is 2.19. The molecule has 0 aliphatic rings. The number of non-ortho nitro benzene ring substituents is 1. The Morgan fingerprint density at radius 3 is 2.59 bits per heavy atom. The number of carbonyl (C=O) groups is 1. The Hall–Kier alpha value is -2.37. The molecule has 1 N–H and O–H groups in total. The Morgan fingerprint density at radius 2 is 2.12 bits per heavy atom. The van der Waals surface area contributed by atoms with E-state index in [4.69, 9.17) is 5.11 Å². The number of aromatic carboxylic acids is 1. The van der Waals surface area contributed by atoms with Crippen LogP contribution in [0.25, 0.3) is 6.08 Å². The number of nitro groups is 1. The van der Waals surface area contributed by atoms with Crippen molar-refractivity contribution < 1.29 is 14.8 Å². The van der Waals surface area contributed by atoms with Gasteiger partial charge in [0.05, 0.1) is 10.5 Å². The predicted molar refractivity (Wildman–Crippen MR) is 62.8 cm³/mol. The van der Waals surface area contributed by atoms with Gasteiger partial charge in [0, 0.05) is 26.2 Å². The lowest BCUT2D eigenvalue weighted by Gasteiger charge is -2.05. The number of nitrogens with zero attached hydrogens (tertiary/aromatic N) is 2. The number of hydrogen-bond acceptors (Lipinski definition) is 4. The van der Waals surface area contributed by atoms with Gasteiger partial charge in [-0.05, 0) is 23.9 Å². The molecule has 17 heavy (non-hydrogen) atoms. The average Bonchev–Trinajstić information content (AvgIpc) is 2.25. The van der Waals surface area contributed by atoms with Crippen LogP contribution in [-0.4, -0.2) is 35.0 Å². The maximum atomic E-state index is 10.9. The van der Waals surface area contributed by atoms with Gasteiger partial charge in [0.2, 0.25) is 0 Å². The molecular formula is C11H12N2O4. The third kappa shape index (κ3) is 3.30. The van der Waals surface area contributed by atoms with Gasteiger partial charge in [-0.2, -0.15) is 0 Å². The van der Waals surface area contributed by atoms with Crippen molar-refractivity contribution in [2.24, 2.45) is 0 Å². The number of carboxylic acids is 1. The lowest BCUT2D eigenvalue weighted by atomic mass is 10.1. The summed E-state index contributed by atoms with van der Waals surface area (Å²) in [4.78, 5) is 22.7. The second-order valence-corrected chi connectivity index (χ2v) is 3.61. The maximum absolute atomic E-state index is 10.9. The van der Waals surface area contributed by atoms with E-state index in [1.165, 1.54) is 24.3 Å². The number of benzene rings is 1. The van der Waals surface area contributed by atoms with Gasteiger partial charge in [0.1, 0.15) is 0 Å². The minimum absolute atomic E-state index is 0.0358. The van der Waals surface area contributed by atoms with Crippen LogP contribution in [0.4, 0.5) is 5.69 Å². The second kappa shape index (κ2) is 5.11. The van der Waals surface area contributed by atoms with E-state index in [1.807, 2.05) is 0 Å². The molecule has 0 radical (unpaired) electrons. The molecule has 0 fully saturated rings. The summed E-state index contributed by atoms with van der Waals surface area (Å²) in [5, 5.41) is 19.5. The van der Waals surface area contributed by atoms with E-state index in [0.717, 1.165) is 0 Å². The largest absolute Gasteiger partial charge is 0.478 e. The topological polar surface area (TPSA) is 83.7 Å². The van der Waals surface area contributed by atoms with Crippen molar-refractivity contribution in [2.45, 2.75) is 0 Å².